The standard InChI is InChI=1S/C15H32N2O/c1-12-9-7-8-10-13(12)17(5)11-14(16-4)15(2,3)18-6/h12-14,16H,7-11H2,1-6H3. The molecule has 0 aromatic rings. The fourth-order valence-electron chi connectivity index (χ4n) is 3.18. The number of methoxy groups -OCH3 is 1. The lowest BCUT2D eigenvalue weighted by atomic mass is 9.84. The number of nitrogens with zero attached hydrogens (tertiary/aromatic N) is 1. The van der Waals surface area contributed by atoms with E-state index in [4.69, 9.17) is 4.74 Å². The van der Waals surface area contributed by atoms with Gasteiger partial charge >= 0.3 is 0 Å². The van der Waals surface area contributed by atoms with E-state index in [0.29, 0.717) is 6.04 Å². The summed E-state index contributed by atoms with van der Waals surface area (Å²) in [4.78, 5) is 2.53. The molecular weight excluding hydrogens is 224 g/mol. The molecule has 3 heteroatoms. The highest BCUT2D eigenvalue weighted by Gasteiger charge is 2.32. The second-order valence-corrected chi connectivity index (χ2v) is 6.42. The Bertz CT molecular complexity index is 243. The Labute approximate surface area is 113 Å². The highest BCUT2D eigenvalue weighted by molar-refractivity contribution is 4.89. The Hall–Kier alpha value is -0.120. The van der Waals surface area contributed by atoms with Crippen molar-refractivity contribution < 1.29 is 4.74 Å². The second kappa shape index (κ2) is 6.88. The average Bonchev–Trinajstić information content (AvgIpc) is 2.35. The molecule has 0 aromatic carbocycles. The number of hydrogen-bond acceptors (Lipinski definition) is 3. The Kier molecular flexibility index (Phi) is 6.09. The summed E-state index contributed by atoms with van der Waals surface area (Å²) in [5.74, 6) is 0.826. The van der Waals surface area contributed by atoms with Gasteiger partial charge in [0.25, 0.3) is 0 Å². The van der Waals surface area contributed by atoms with Crippen LogP contribution in [-0.2, 0) is 4.74 Å². The van der Waals surface area contributed by atoms with E-state index >= 15 is 0 Å². The van der Waals surface area contributed by atoms with Crippen LogP contribution in [0.25, 0.3) is 0 Å². The van der Waals surface area contributed by atoms with Gasteiger partial charge in [-0.05, 0) is 46.7 Å². The van der Waals surface area contributed by atoms with Crippen molar-refractivity contribution in [3.63, 3.8) is 0 Å². The van der Waals surface area contributed by atoms with Crippen LogP contribution >= 0.6 is 0 Å². The van der Waals surface area contributed by atoms with E-state index in [2.05, 4.69) is 38.0 Å². The average molecular weight is 256 g/mol. The van der Waals surface area contributed by atoms with Gasteiger partial charge in [0, 0.05) is 25.7 Å². The van der Waals surface area contributed by atoms with Crippen molar-refractivity contribution in [2.45, 2.75) is 64.1 Å². The van der Waals surface area contributed by atoms with Gasteiger partial charge in [-0.1, -0.05) is 19.8 Å². The minimum Gasteiger partial charge on any atom is -0.377 e. The molecule has 3 nitrogen and oxygen atoms in total. The van der Waals surface area contributed by atoms with Gasteiger partial charge in [-0.3, -0.25) is 0 Å². The summed E-state index contributed by atoms with van der Waals surface area (Å²) in [5.41, 5.74) is -0.124. The van der Waals surface area contributed by atoms with Gasteiger partial charge in [-0.25, -0.2) is 0 Å². The quantitative estimate of drug-likeness (QED) is 0.790. The van der Waals surface area contributed by atoms with Crippen LogP contribution in [0.2, 0.25) is 0 Å². The van der Waals surface area contributed by atoms with Gasteiger partial charge in [0.15, 0.2) is 0 Å². The summed E-state index contributed by atoms with van der Waals surface area (Å²) in [5, 5.41) is 3.41. The minimum atomic E-state index is -0.124. The van der Waals surface area contributed by atoms with E-state index in [1.807, 2.05) is 7.05 Å². The molecule has 3 unspecified atom stereocenters. The second-order valence-electron chi connectivity index (χ2n) is 6.42. The predicted octanol–water partition coefficient (Wildman–Crippen LogP) is 2.51. The molecule has 1 rings (SSSR count). The van der Waals surface area contributed by atoms with Gasteiger partial charge in [0.1, 0.15) is 0 Å². The number of ether oxygens (including phenoxy) is 1. The molecule has 18 heavy (non-hydrogen) atoms. The van der Waals surface area contributed by atoms with E-state index < -0.39 is 0 Å². The molecule has 0 amide bonds. The molecule has 0 heterocycles. The largest absolute Gasteiger partial charge is 0.377 e. The SMILES string of the molecule is CNC(CN(C)C1CCCCC1C)C(C)(C)OC. The van der Waals surface area contributed by atoms with Gasteiger partial charge in [-0.2, -0.15) is 0 Å². The van der Waals surface area contributed by atoms with Crippen LogP contribution in [0.15, 0.2) is 0 Å². The molecule has 3 atom stereocenters. The van der Waals surface area contributed by atoms with Crippen molar-refractivity contribution in [2.24, 2.45) is 5.92 Å². The Morgan fingerprint density at radius 1 is 1.33 bits per heavy atom. The van der Waals surface area contributed by atoms with Gasteiger partial charge in [0.2, 0.25) is 0 Å². The highest BCUT2D eigenvalue weighted by atomic mass is 16.5. The van der Waals surface area contributed by atoms with E-state index in [-0.39, 0.29) is 5.60 Å². The van der Waals surface area contributed by atoms with Crippen LogP contribution in [-0.4, -0.2) is 50.3 Å². The topological polar surface area (TPSA) is 24.5 Å². The van der Waals surface area contributed by atoms with E-state index in [1.165, 1.54) is 25.7 Å². The molecular formula is C15H32N2O. The molecule has 0 radical (unpaired) electrons. The van der Waals surface area contributed by atoms with Crippen LogP contribution in [0.4, 0.5) is 0 Å². The fourth-order valence-corrected chi connectivity index (χ4v) is 3.18. The Morgan fingerprint density at radius 2 is 1.94 bits per heavy atom. The maximum Gasteiger partial charge on any atom is 0.0787 e. The summed E-state index contributed by atoms with van der Waals surface area (Å²) in [6.07, 6.45) is 5.52. The first-order valence-electron chi connectivity index (χ1n) is 7.35. The predicted molar refractivity (Wildman–Crippen MR) is 78.0 cm³/mol. The molecule has 1 aliphatic rings. The third-order valence-corrected chi connectivity index (χ3v) is 4.82. The lowest BCUT2D eigenvalue weighted by Gasteiger charge is -2.41. The van der Waals surface area contributed by atoms with Crippen molar-refractivity contribution in [3.8, 4) is 0 Å². The minimum absolute atomic E-state index is 0.124. The third-order valence-electron chi connectivity index (χ3n) is 4.82. The molecule has 0 saturated heterocycles. The van der Waals surface area contributed by atoms with Crippen LogP contribution in [0.5, 0.6) is 0 Å². The third kappa shape index (κ3) is 3.94. The number of rotatable bonds is 6. The summed E-state index contributed by atoms with van der Waals surface area (Å²) >= 11 is 0. The van der Waals surface area contributed by atoms with E-state index in [9.17, 15) is 0 Å². The number of hydrogen-bond donors (Lipinski definition) is 1. The molecule has 0 aromatic heterocycles. The zero-order valence-electron chi connectivity index (χ0n) is 13.1. The van der Waals surface area contributed by atoms with Crippen LogP contribution in [0, 0.1) is 5.92 Å². The molecule has 1 aliphatic carbocycles. The maximum absolute atomic E-state index is 5.62. The zero-order chi connectivity index (χ0) is 13.8. The summed E-state index contributed by atoms with van der Waals surface area (Å²) < 4.78 is 5.62. The summed E-state index contributed by atoms with van der Waals surface area (Å²) in [6, 6.07) is 1.10. The van der Waals surface area contributed by atoms with Crippen molar-refractivity contribution >= 4 is 0 Å². The molecule has 108 valence electrons. The monoisotopic (exact) mass is 256 g/mol. The van der Waals surface area contributed by atoms with Crippen LogP contribution < -0.4 is 5.32 Å². The first kappa shape index (κ1) is 15.9. The van der Waals surface area contributed by atoms with Crippen molar-refractivity contribution in [2.75, 3.05) is 27.7 Å². The van der Waals surface area contributed by atoms with Gasteiger partial charge < -0.3 is 15.0 Å². The molecule has 1 N–H and O–H groups in total. The van der Waals surface area contributed by atoms with Crippen LogP contribution in [0.1, 0.15) is 46.5 Å². The Morgan fingerprint density at radius 3 is 2.44 bits per heavy atom. The van der Waals surface area contributed by atoms with Crippen molar-refractivity contribution in [3.05, 3.63) is 0 Å². The highest BCUT2D eigenvalue weighted by Crippen LogP contribution is 2.28. The first-order valence-corrected chi connectivity index (χ1v) is 7.35. The van der Waals surface area contributed by atoms with E-state index in [0.717, 1.165) is 18.5 Å². The van der Waals surface area contributed by atoms with Gasteiger partial charge in [-0.15, -0.1) is 0 Å². The molecule has 0 bridgehead atoms. The molecule has 0 aliphatic heterocycles. The fraction of sp³-hybridized carbons (Fsp3) is 1.00. The normalized spacial score (nSPS) is 27.5. The van der Waals surface area contributed by atoms with Gasteiger partial charge in [0.05, 0.1) is 5.60 Å². The first-order chi connectivity index (χ1) is 8.42. The smallest absolute Gasteiger partial charge is 0.0787 e. The zero-order valence-corrected chi connectivity index (χ0v) is 13.1. The maximum atomic E-state index is 5.62. The Balaban J connectivity index is 2.58. The lowest BCUT2D eigenvalue weighted by Crippen LogP contribution is -2.55. The molecule has 0 spiro atoms. The van der Waals surface area contributed by atoms with Crippen molar-refractivity contribution in [1.82, 2.24) is 10.2 Å². The van der Waals surface area contributed by atoms with Crippen molar-refractivity contribution in [1.29, 1.82) is 0 Å². The van der Waals surface area contributed by atoms with E-state index in [1.54, 1.807) is 7.11 Å². The molecule has 1 saturated carbocycles. The lowest BCUT2D eigenvalue weighted by molar-refractivity contribution is -0.0226. The number of likely N-dealkylation sites (N-methyl/N-ethyl adjacent to an activating group) is 2. The summed E-state index contributed by atoms with van der Waals surface area (Å²) in [6.45, 7) is 7.77. The molecule has 1 fully saturated rings. The summed E-state index contributed by atoms with van der Waals surface area (Å²) in [7, 11) is 6.10. The van der Waals surface area contributed by atoms with Crippen LogP contribution in [0.3, 0.4) is 0 Å². The number of nitrogens with one attached hydrogen (secondary N) is 1.